The van der Waals surface area contributed by atoms with Crippen LogP contribution in [0.15, 0.2) is 150 Å². The molecule has 0 radical (unpaired) electrons. The Bertz CT molecular complexity index is 2920. The lowest BCUT2D eigenvalue weighted by atomic mass is 9.84. The predicted octanol–water partition coefficient (Wildman–Crippen LogP) is 11.5. The van der Waals surface area contributed by atoms with Crippen molar-refractivity contribution in [2.75, 3.05) is 0 Å². The second-order valence-corrected chi connectivity index (χ2v) is 10.1. The zero-order chi connectivity index (χ0) is 35.6. The first-order chi connectivity index (χ1) is 24.5. The second-order valence-electron chi connectivity index (χ2n) is 10.1. The summed E-state index contributed by atoms with van der Waals surface area (Å²) in [4.78, 5) is 0. The lowest BCUT2D eigenvalue weighted by molar-refractivity contribution is 0.669. The summed E-state index contributed by atoms with van der Waals surface area (Å²) >= 11 is 0. The van der Waals surface area contributed by atoms with Crippen LogP contribution >= 0.6 is 0 Å². The Hall–Kier alpha value is -5.40. The van der Waals surface area contributed by atoms with Crippen molar-refractivity contribution < 1.29 is 18.1 Å². The standard InChI is InChI=1S/C40H24O/c1-3-9-25(10-4-1)29-19-15-27-17-21-32-33(22-18-28-16-20-31(29)37(27)38(28)32)39-30(26-11-5-2-6-12-26)23-24-36-40(39)34-13-7-8-14-35(34)41-36/h1-24H/i1D,2D,3D,4D,5D,6D,9D,10D,11D,12D. The summed E-state index contributed by atoms with van der Waals surface area (Å²) in [7, 11) is 0. The third-order valence-electron chi connectivity index (χ3n) is 8.02. The summed E-state index contributed by atoms with van der Waals surface area (Å²) in [6.45, 7) is 0. The molecule has 190 valence electrons. The number of rotatable bonds is 3. The Kier molecular flexibility index (Phi) is 3.09. The minimum absolute atomic E-state index is 0.0809. The van der Waals surface area contributed by atoms with Crippen LogP contribution in [0.4, 0.5) is 0 Å². The van der Waals surface area contributed by atoms with Crippen molar-refractivity contribution in [3.05, 3.63) is 145 Å². The molecule has 1 heteroatoms. The minimum atomic E-state index is -0.470. The monoisotopic (exact) mass is 530 g/mol. The highest BCUT2D eigenvalue weighted by molar-refractivity contribution is 6.29. The van der Waals surface area contributed by atoms with Gasteiger partial charge in [-0.15, -0.1) is 0 Å². The Morgan fingerprint density at radius 1 is 0.415 bits per heavy atom. The van der Waals surface area contributed by atoms with Gasteiger partial charge >= 0.3 is 0 Å². The van der Waals surface area contributed by atoms with E-state index in [1.165, 1.54) is 0 Å². The predicted molar refractivity (Wildman–Crippen MR) is 174 cm³/mol. The number of fused-ring (bicyclic) bond motifs is 3. The molecule has 9 rings (SSSR count). The summed E-state index contributed by atoms with van der Waals surface area (Å²) in [6.07, 6.45) is 0. The molecule has 0 spiro atoms. The van der Waals surface area contributed by atoms with Crippen LogP contribution in [0, 0.1) is 0 Å². The Morgan fingerprint density at radius 3 is 1.68 bits per heavy atom. The van der Waals surface area contributed by atoms with Crippen LogP contribution in [-0.2, 0) is 0 Å². The maximum absolute atomic E-state index is 8.92. The van der Waals surface area contributed by atoms with Gasteiger partial charge in [0.2, 0.25) is 0 Å². The van der Waals surface area contributed by atoms with Crippen LogP contribution in [0.5, 0.6) is 0 Å². The van der Waals surface area contributed by atoms with E-state index in [-0.39, 0.29) is 35.3 Å². The number of furan rings is 1. The van der Waals surface area contributed by atoms with Gasteiger partial charge in [-0.25, -0.2) is 0 Å². The number of hydrogen-bond donors (Lipinski definition) is 0. The SMILES string of the molecule is [2H]c1c([2H])c([2H])c(-c2ccc3oc4ccccc4c3c2-c2ccc3ccc4c(-c5c([2H])c([2H])c([2H])c([2H])c5[2H])ccc5ccc2c3c54)c([2H])c1[2H]. The van der Waals surface area contributed by atoms with Gasteiger partial charge in [-0.2, -0.15) is 0 Å². The molecule has 0 aliphatic carbocycles. The van der Waals surface area contributed by atoms with Gasteiger partial charge in [0.25, 0.3) is 0 Å². The summed E-state index contributed by atoms with van der Waals surface area (Å²) < 4.78 is 91.5. The maximum atomic E-state index is 8.92. The molecule has 1 heterocycles. The first-order valence-electron chi connectivity index (χ1n) is 18.3. The first-order valence-corrected chi connectivity index (χ1v) is 13.3. The Balaban J connectivity index is 1.44. The Morgan fingerprint density at radius 2 is 0.976 bits per heavy atom. The second kappa shape index (κ2) is 8.55. The van der Waals surface area contributed by atoms with Crippen molar-refractivity contribution in [2.45, 2.75) is 0 Å². The van der Waals surface area contributed by atoms with Gasteiger partial charge in [0, 0.05) is 16.3 Å². The van der Waals surface area contributed by atoms with E-state index in [1.54, 1.807) is 18.2 Å². The zero-order valence-corrected chi connectivity index (χ0v) is 21.5. The van der Waals surface area contributed by atoms with Gasteiger partial charge in [-0.05, 0) is 72.3 Å². The van der Waals surface area contributed by atoms with Crippen molar-refractivity contribution >= 4 is 54.3 Å². The summed E-state index contributed by atoms with van der Waals surface area (Å²) in [6, 6.07) is 22.9. The Labute approximate surface area is 251 Å². The molecule has 8 aromatic carbocycles. The first kappa shape index (κ1) is 14.8. The smallest absolute Gasteiger partial charge is 0.136 e. The van der Waals surface area contributed by atoms with E-state index in [0.717, 1.165) is 48.7 Å². The van der Waals surface area contributed by atoms with Crippen LogP contribution in [-0.4, -0.2) is 0 Å². The average molecular weight is 531 g/mol. The van der Waals surface area contributed by atoms with Crippen LogP contribution in [0.2, 0.25) is 0 Å². The fraction of sp³-hybridized carbons (Fsp3) is 0. The van der Waals surface area contributed by atoms with Crippen molar-refractivity contribution in [1.82, 2.24) is 0 Å². The third kappa shape index (κ3) is 3.24. The molecule has 0 fully saturated rings. The normalized spacial score (nSPS) is 15.3. The molecule has 0 aliphatic rings. The molecule has 0 saturated heterocycles. The van der Waals surface area contributed by atoms with Gasteiger partial charge in [-0.1, -0.05) is 133 Å². The molecule has 0 atom stereocenters. The third-order valence-corrected chi connectivity index (χ3v) is 8.02. The van der Waals surface area contributed by atoms with Crippen molar-refractivity contribution in [3.63, 3.8) is 0 Å². The molecule has 41 heavy (non-hydrogen) atoms. The van der Waals surface area contributed by atoms with Gasteiger partial charge < -0.3 is 4.42 Å². The quantitative estimate of drug-likeness (QED) is 0.207. The molecule has 0 amide bonds. The van der Waals surface area contributed by atoms with Crippen LogP contribution < -0.4 is 0 Å². The highest BCUT2D eigenvalue weighted by Gasteiger charge is 2.21. The number of para-hydroxylation sites is 1. The van der Waals surface area contributed by atoms with Crippen LogP contribution in [0.3, 0.4) is 0 Å². The lowest BCUT2D eigenvalue weighted by Crippen LogP contribution is -1.92. The van der Waals surface area contributed by atoms with Crippen molar-refractivity contribution in [1.29, 1.82) is 0 Å². The largest absolute Gasteiger partial charge is 0.456 e. The van der Waals surface area contributed by atoms with Gasteiger partial charge in [-0.3, -0.25) is 0 Å². The topological polar surface area (TPSA) is 13.1 Å². The molecule has 0 N–H and O–H groups in total. The van der Waals surface area contributed by atoms with E-state index >= 15 is 0 Å². The molecule has 0 bridgehead atoms. The van der Waals surface area contributed by atoms with E-state index in [0.29, 0.717) is 27.9 Å². The van der Waals surface area contributed by atoms with E-state index in [4.69, 9.17) is 18.1 Å². The van der Waals surface area contributed by atoms with Crippen molar-refractivity contribution in [3.8, 4) is 33.4 Å². The van der Waals surface area contributed by atoms with Crippen LogP contribution in [0.25, 0.3) is 87.6 Å². The lowest BCUT2D eigenvalue weighted by Gasteiger charge is -2.18. The molecule has 9 aromatic rings. The minimum Gasteiger partial charge on any atom is -0.456 e. The summed E-state index contributed by atoms with van der Waals surface area (Å²) in [5.41, 5.74) is 3.81. The van der Waals surface area contributed by atoms with Crippen LogP contribution in [0.1, 0.15) is 13.7 Å². The highest BCUT2D eigenvalue weighted by Crippen LogP contribution is 2.47. The highest BCUT2D eigenvalue weighted by atomic mass is 16.3. The van der Waals surface area contributed by atoms with Gasteiger partial charge in [0.15, 0.2) is 0 Å². The summed E-state index contributed by atoms with van der Waals surface area (Å²) in [5.74, 6) is 0. The molecular formula is C40H24O. The molecule has 1 nitrogen and oxygen atoms in total. The number of hydrogen-bond acceptors (Lipinski definition) is 1. The molecule has 1 aromatic heterocycles. The molecule has 0 unspecified atom stereocenters. The van der Waals surface area contributed by atoms with Gasteiger partial charge in [0.05, 0.1) is 13.7 Å². The van der Waals surface area contributed by atoms with E-state index in [9.17, 15) is 0 Å². The van der Waals surface area contributed by atoms with Crippen molar-refractivity contribution in [2.24, 2.45) is 0 Å². The van der Waals surface area contributed by atoms with Gasteiger partial charge in [0.1, 0.15) is 11.2 Å². The number of benzene rings is 8. The molecule has 0 aliphatic heterocycles. The van der Waals surface area contributed by atoms with E-state index in [2.05, 4.69) is 0 Å². The van der Waals surface area contributed by atoms with E-state index < -0.39 is 36.3 Å². The molecule has 0 saturated carbocycles. The zero-order valence-electron chi connectivity index (χ0n) is 31.5. The average Bonchev–Trinajstić information content (AvgIpc) is 3.53. The van der Waals surface area contributed by atoms with E-state index in [1.807, 2.05) is 66.7 Å². The fourth-order valence-electron chi connectivity index (χ4n) is 6.31. The summed E-state index contributed by atoms with van der Waals surface area (Å²) in [5, 5.41) is 6.65. The fourth-order valence-corrected chi connectivity index (χ4v) is 6.31. The molecular weight excluding hydrogens is 496 g/mol. The maximum Gasteiger partial charge on any atom is 0.136 e.